The molecule has 0 bridgehead atoms. The zero-order chi connectivity index (χ0) is 15.2. The van der Waals surface area contributed by atoms with Crippen molar-refractivity contribution >= 4 is 0 Å². The summed E-state index contributed by atoms with van der Waals surface area (Å²) in [5.41, 5.74) is 5.35. The van der Waals surface area contributed by atoms with E-state index in [0.29, 0.717) is 12.0 Å². The van der Waals surface area contributed by atoms with E-state index in [1.807, 2.05) is 13.8 Å². The summed E-state index contributed by atoms with van der Waals surface area (Å²) in [4.78, 5) is 0. The normalized spacial score (nSPS) is 11.2. The summed E-state index contributed by atoms with van der Waals surface area (Å²) in [6, 6.07) is 4.56. The van der Waals surface area contributed by atoms with Gasteiger partial charge < -0.3 is 10.5 Å². The Hall–Kier alpha value is -1.67. The second kappa shape index (κ2) is 7.20. The third-order valence-corrected chi connectivity index (χ3v) is 3.04. The fraction of sp³-hybridized carbons (Fsp3) is 0.533. The van der Waals surface area contributed by atoms with Crippen molar-refractivity contribution in [2.24, 2.45) is 11.1 Å². The van der Waals surface area contributed by atoms with Gasteiger partial charge >= 0.3 is 0 Å². The van der Waals surface area contributed by atoms with Crippen molar-refractivity contribution in [2.45, 2.75) is 39.7 Å². The average Bonchev–Trinajstić information content (AvgIpc) is 2.40. The van der Waals surface area contributed by atoms with Gasteiger partial charge in [0.2, 0.25) is 0 Å². The molecule has 0 radical (unpaired) electrons. The third-order valence-electron chi connectivity index (χ3n) is 3.04. The van der Waals surface area contributed by atoms with Crippen LogP contribution >= 0.6 is 0 Å². The number of hydrogen-bond acceptors (Lipinski definition) is 3. The highest BCUT2D eigenvalue weighted by Crippen LogP contribution is 2.25. The van der Waals surface area contributed by atoms with Crippen LogP contribution in [0, 0.1) is 28.4 Å². The monoisotopic (exact) mass is 282 g/mol. The Labute approximate surface area is 118 Å². The number of benzene rings is 1. The molecule has 0 aromatic heterocycles. The zero-order valence-electron chi connectivity index (χ0n) is 11.9. The lowest BCUT2D eigenvalue weighted by Gasteiger charge is -2.14. The largest absolute Gasteiger partial charge is 0.488 e. The van der Waals surface area contributed by atoms with Gasteiger partial charge in [-0.2, -0.15) is 5.26 Å². The minimum atomic E-state index is -0.734. The molecule has 3 nitrogen and oxygen atoms in total. The van der Waals surface area contributed by atoms with E-state index in [-0.39, 0.29) is 24.3 Å². The molecule has 0 unspecified atom stereocenters. The Bertz CT molecular complexity index is 472. The van der Waals surface area contributed by atoms with Crippen LogP contribution in [0.25, 0.3) is 0 Å². The summed E-state index contributed by atoms with van der Waals surface area (Å²) < 4.78 is 32.3. The Kier molecular flexibility index (Phi) is 5.90. The van der Waals surface area contributed by atoms with Crippen molar-refractivity contribution < 1.29 is 13.5 Å². The number of nitrogens with two attached hydrogens (primary N) is 1. The van der Waals surface area contributed by atoms with Crippen LogP contribution in [0.4, 0.5) is 8.78 Å². The summed E-state index contributed by atoms with van der Waals surface area (Å²) in [5, 5.41) is 8.86. The van der Waals surface area contributed by atoms with E-state index in [4.69, 9.17) is 15.7 Å². The van der Waals surface area contributed by atoms with Gasteiger partial charge in [-0.25, -0.2) is 8.78 Å². The van der Waals surface area contributed by atoms with Crippen molar-refractivity contribution in [1.82, 2.24) is 0 Å². The fourth-order valence-electron chi connectivity index (χ4n) is 1.77. The number of ether oxygens (including phenoxy) is 1. The second-order valence-corrected chi connectivity index (χ2v) is 5.39. The number of unbranched alkanes of at least 4 members (excludes halogenated alkanes) is 1. The van der Waals surface area contributed by atoms with Crippen LogP contribution in [0.3, 0.4) is 0 Å². The molecule has 0 saturated heterocycles. The van der Waals surface area contributed by atoms with E-state index < -0.39 is 11.6 Å². The lowest BCUT2D eigenvalue weighted by Crippen LogP contribution is -2.09. The predicted molar refractivity (Wildman–Crippen MR) is 73.0 cm³/mol. The van der Waals surface area contributed by atoms with Gasteiger partial charge in [0.05, 0.1) is 18.1 Å². The minimum Gasteiger partial charge on any atom is -0.488 e. The van der Waals surface area contributed by atoms with Crippen LogP contribution in [0.1, 0.15) is 38.7 Å². The number of halogens is 2. The quantitative estimate of drug-likeness (QED) is 0.778. The van der Waals surface area contributed by atoms with Crippen molar-refractivity contribution in [3.05, 3.63) is 29.3 Å². The van der Waals surface area contributed by atoms with Crippen LogP contribution in [-0.2, 0) is 6.54 Å². The number of rotatable bonds is 7. The molecule has 0 atom stereocenters. The summed E-state index contributed by atoms with van der Waals surface area (Å²) in [6.45, 7) is 4.02. The molecule has 0 aliphatic rings. The third kappa shape index (κ3) is 4.78. The molecule has 5 heteroatoms. The van der Waals surface area contributed by atoms with Crippen LogP contribution < -0.4 is 10.5 Å². The van der Waals surface area contributed by atoms with E-state index >= 15 is 0 Å². The van der Waals surface area contributed by atoms with Crippen LogP contribution in [0.15, 0.2) is 12.1 Å². The number of nitriles is 1. The van der Waals surface area contributed by atoms with Gasteiger partial charge in [0.1, 0.15) is 0 Å². The van der Waals surface area contributed by atoms with Crippen LogP contribution in [0.5, 0.6) is 5.75 Å². The summed E-state index contributed by atoms with van der Waals surface area (Å²) in [7, 11) is 0. The van der Waals surface area contributed by atoms with Gasteiger partial charge in [-0.3, -0.25) is 0 Å². The highest BCUT2D eigenvalue weighted by atomic mass is 19.1. The lowest BCUT2D eigenvalue weighted by atomic mass is 9.89. The molecule has 1 aromatic carbocycles. The SMILES string of the molecule is CC(C)(C#N)CCCCOc1c(F)cc(CN)cc1F. The fourth-order valence-corrected chi connectivity index (χ4v) is 1.77. The van der Waals surface area contributed by atoms with Crippen LogP contribution in [-0.4, -0.2) is 6.61 Å². The van der Waals surface area contributed by atoms with Gasteiger partial charge in [0.25, 0.3) is 0 Å². The molecule has 0 spiro atoms. The molecule has 0 aliphatic heterocycles. The highest BCUT2D eigenvalue weighted by molar-refractivity contribution is 5.31. The molecular formula is C15H20F2N2O. The van der Waals surface area contributed by atoms with Gasteiger partial charge in [0.15, 0.2) is 17.4 Å². The molecule has 0 aliphatic carbocycles. The minimum absolute atomic E-state index is 0.0807. The van der Waals surface area contributed by atoms with E-state index in [0.717, 1.165) is 12.8 Å². The van der Waals surface area contributed by atoms with E-state index in [2.05, 4.69) is 6.07 Å². The van der Waals surface area contributed by atoms with Crippen molar-refractivity contribution in [1.29, 1.82) is 5.26 Å². The predicted octanol–water partition coefficient (Wildman–Crippen LogP) is 3.52. The second-order valence-electron chi connectivity index (χ2n) is 5.39. The maximum atomic E-state index is 13.6. The van der Waals surface area contributed by atoms with Crippen molar-refractivity contribution in [3.8, 4) is 11.8 Å². The van der Waals surface area contributed by atoms with Gasteiger partial charge in [-0.1, -0.05) is 0 Å². The van der Waals surface area contributed by atoms with Crippen LogP contribution in [0.2, 0.25) is 0 Å². The molecule has 0 heterocycles. The number of nitrogens with zero attached hydrogens (tertiary/aromatic N) is 1. The standard InChI is InChI=1S/C15H20F2N2O/c1-15(2,10-19)5-3-4-6-20-14-12(16)7-11(9-18)8-13(14)17/h7-8H,3-6,9,18H2,1-2H3. The Balaban J connectivity index is 2.45. The lowest BCUT2D eigenvalue weighted by molar-refractivity contribution is 0.268. The van der Waals surface area contributed by atoms with E-state index in [1.54, 1.807) is 0 Å². The maximum absolute atomic E-state index is 13.6. The van der Waals surface area contributed by atoms with E-state index in [1.165, 1.54) is 12.1 Å². The number of hydrogen-bond donors (Lipinski definition) is 1. The molecular weight excluding hydrogens is 262 g/mol. The van der Waals surface area contributed by atoms with Gasteiger partial charge in [-0.15, -0.1) is 0 Å². The maximum Gasteiger partial charge on any atom is 0.190 e. The van der Waals surface area contributed by atoms with Gasteiger partial charge in [0, 0.05) is 6.54 Å². The topological polar surface area (TPSA) is 59.0 Å². The summed E-state index contributed by atoms with van der Waals surface area (Å²) >= 11 is 0. The molecule has 0 saturated carbocycles. The molecule has 0 fully saturated rings. The molecule has 20 heavy (non-hydrogen) atoms. The molecule has 1 rings (SSSR count). The van der Waals surface area contributed by atoms with E-state index in [9.17, 15) is 8.78 Å². The first-order chi connectivity index (χ1) is 9.39. The first kappa shape index (κ1) is 16.4. The Morgan fingerprint density at radius 1 is 1.25 bits per heavy atom. The molecule has 2 N–H and O–H groups in total. The summed E-state index contributed by atoms with van der Waals surface area (Å²) in [6.07, 6.45) is 2.14. The molecule has 110 valence electrons. The summed E-state index contributed by atoms with van der Waals surface area (Å²) in [5.74, 6) is -1.83. The zero-order valence-corrected chi connectivity index (χ0v) is 11.9. The Morgan fingerprint density at radius 2 is 1.85 bits per heavy atom. The first-order valence-corrected chi connectivity index (χ1v) is 6.61. The first-order valence-electron chi connectivity index (χ1n) is 6.61. The molecule has 0 amide bonds. The smallest absolute Gasteiger partial charge is 0.190 e. The Morgan fingerprint density at radius 3 is 2.35 bits per heavy atom. The molecule has 1 aromatic rings. The highest BCUT2D eigenvalue weighted by Gasteiger charge is 2.16. The average molecular weight is 282 g/mol. The van der Waals surface area contributed by atoms with Crippen molar-refractivity contribution in [3.63, 3.8) is 0 Å². The van der Waals surface area contributed by atoms with Gasteiger partial charge in [-0.05, 0) is 50.8 Å². The van der Waals surface area contributed by atoms with Crippen molar-refractivity contribution in [2.75, 3.05) is 6.61 Å².